The first-order valence-corrected chi connectivity index (χ1v) is 6.62. The molecule has 3 N–H and O–H groups in total. The lowest BCUT2D eigenvalue weighted by Gasteiger charge is -2.35. The third-order valence-corrected chi connectivity index (χ3v) is 3.65. The van der Waals surface area contributed by atoms with Crippen molar-refractivity contribution in [1.82, 2.24) is 0 Å². The Morgan fingerprint density at radius 1 is 1.24 bits per heavy atom. The first kappa shape index (κ1) is 14.2. The summed E-state index contributed by atoms with van der Waals surface area (Å²) in [6.07, 6.45) is 3.52. The van der Waals surface area contributed by atoms with Crippen LogP contribution in [0.15, 0.2) is 30.3 Å². The average Bonchev–Trinajstić information content (AvgIpc) is 2.37. The second-order valence-corrected chi connectivity index (χ2v) is 4.84. The molecule has 0 heterocycles. The molecule has 0 saturated heterocycles. The Balaban J connectivity index is 2.80. The SMILES string of the molecule is CCCC(CN)C(O)(CC)Cc1ccccc1. The summed E-state index contributed by atoms with van der Waals surface area (Å²) in [4.78, 5) is 0. The summed E-state index contributed by atoms with van der Waals surface area (Å²) >= 11 is 0. The van der Waals surface area contributed by atoms with E-state index in [0.29, 0.717) is 13.0 Å². The van der Waals surface area contributed by atoms with E-state index < -0.39 is 5.60 Å². The summed E-state index contributed by atoms with van der Waals surface area (Å²) in [6, 6.07) is 10.2. The van der Waals surface area contributed by atoms with Crippen molar-refractivity contribution in [3.8, 4) is 0 Å². The first-order chi connectivity index (χ1) is 8.16. The number of rotatable bonds is 7. The van der Waals surface area contributed by atoms with Crippen molar-refractivity contribution in [2.45, 2.75) is 45.1 Å². The molecule has 0 aliphatic carbocycles. The molecule has 0 aromatic heterocycles. The predicted molar refractivity (Wildman–Crippen MR) is 72.8 cm³/mol. The van der Waals surface area contributed by atoms with Gasteiger partial charge in [-0.2, -0.15) is 0 Å². The molecule has 0 aliphatic heterocycles. The van der Waals surface area contributed by atoms with Crippen LogP contribution in [0.2, 0.25) is 0 Å². The monoisotopic (exact) mass is 235 g/mol. The molecule has 2 atom stereocenters. The first-order valence-electron chi connectivity index (χ1n) is 6.62. The fourth-order valence-electron chi connectivity index (χ4n) is 2.46. The molecular formula is C15H25NO. The van der Waals surface area contributed by atoms with E-state index in [0.717, 1.165) is 19.3 Å². The van der Waals surface area contributed by atoms with Gasteiger partial charge in [0.2, 0.25) is 0 Å². The minimum absolute atomic E-state index is 0.192. The lowest BCUT2D eigenvalue weighted by Crippen LogP contribution is -2.43. The molecule has 0 saturated carbocycles. The van der Waals surface area contributed by atoms with Crippen molar-refractivity contribution in [2.24, 2.45) is 11.7 Å². The molecule has 17 heavy (non-hydrogen) atoms. The van der Waals surface area contributed by atoms with Crippen molar-refractivity contribution in [1.29, 1.82) is 0 Å². The van der Waals surface area contributed by atoms with E-state index in [-0.39, 0.29) is 5.92 Å². The van der Waals surface area contributed by atoms with Crippen molar-refractivity contribution < 1.29 is 5.11 Å². The number of aliphatic hydroxyl groups is 1. The van der Waals surface area contributed by atoms with E-state index in [4.69, 9.17) is 5.73 Å². The summed E-state index contributed by atoms with van der Waals surface area (Å²) in [7, 11) is 0. The summed E-state index contributed by atoms with van der Waals surface area (Å²) in [5.41, 5.74) is 6.34. The topological polar surface area (TPSA) is 46.2 Å². The molecular weight excluding hydrogens is 210 g/mol. The van der Waals surface area contributed by atoms with E-state index in [1.807, 2.05) is 25.1 Å². The largest absolute Gasteiger partial charge is 0.389 e. The number of hydrogen-bond acceptors (Lipinski definition) is 2. The van der Waals surface area contributed by atoms with Gasteiger partial charge in [-0.1, -0.05) is 50.6 Å². The highest BCUT2D eigenvalue weighted by Gasteiger charge is 2.33. The van der Waals surface area contributed by atoms with Crippen LogP contribution >= 0.6 is 0 Å². The molecule has 1 aromatic rings. The molecule has 0 bridgehead atoms. The minimum atomic E-state index is -0.661. The molecule has 0 spiro atoms. The van der Waals surface area contributed by atoms with E-state index in [9.17, 15) is 5.11 Å². The fraction of sp³-hybridized carbons (Fsp3) is 0.600. The highest BCUT2D eigenvalue weighted by atomic mass is 16.3. The van der Waals surface area contributed by atoms with Crippen molar-refractivity contribution >= 4 is 0 Å². The van der Waals surface area contributed by atoms with E-state index in [2.05, 4.69) is 19.1 Å². The normalized spacial score (nSPS) is 16.5. The van der Waals surface area contributed by atoms with Crippen LogP contribution in [0.5, 0.6) is 0 Å². The van der Waals surface area contributed by atoms with Gasteiger partial charge >= 0.3 is 0 Å². The maximum absolute atomic E-state index is 10.8. The van der Waals surface area contributed by atoms with Gasteiger partial charge in [-0.25, -0.2) is 0 Å². The maximum atomic E-state index is 10.8. The zero-order valence-electron chi connectivity index (χ0n) is 11.0. The maximum Gasteiger partial charge on any atom is 0.0725 e. The molecule has 96 valence electrons. The summed E-state index contributed by atoms with van der Waals surface area (Å²) < 4.78 is 0. The molecule has 2 nitrogen and oxygen atoms in total. The van der Waals surface area contributed by atoms with Gasteiger partial charge in [0.15, 0.2) is 0 Å². The van der Waals surface area contributed by atoms with Gasteiger partial charge in [-0.05, 0) is 24.9 Å². The van der Waals surface area contributed by atoms with Crippen molar-refractivity contribution in [2.75, 3.05) is 6.54 Å². The van der Waals surface area contributed by atoms with Gasteiger partial charge in [0.1, 0.15) is 0 Å². The summed E-state index contributed by atoms with van der Waals surface area (Å²) in [6.45, 7) is 4.74. The molecule has 2 heteroatoms. The third kappa shape index (κ3) is 3.83. The van der Waals surface area contributed by atoms with Crippen molar-refractivity contribution in [3.05, 3.63) is 35.9 Å². The standard InChI is InChI=1S/C15H25NO/c1-3-8-14(12-16)15(17,4-2)11-13-9-6-5-7-10-13/h5-7,9-10,14,17H,3-4,8,11-12,16H2,1-2H3. The van der Waals surface area contributed by atoms with Crippen LogP contribution in [-0.4, -0.2) is 17.3 Å². The van der Waals surface area contributed by atoms with Gasteiger partial charge in [0, 0.05) is 12.3 Å². The zero-order valence-corrected chi connectivity index (χ0v) is 11.0. The van der Waals surface area contributed by atoms with E-state index >= 15 is 0 Å². The molecule has 1 aromatic carbocycles. The summed E-state index contributed by atoms with van der Waals surface area (Å²) in [5.74, 6) is 0.192. The summed E-state index contributed by atoms with van der Waals surface area (Å²) in [5, 5.41) is 10.8. The molecule has 0 radical (unpaired) electrons. The van der Waals surface area contributed by atoms with E-state index in [1.165, 1.54) is 5.56 Å². The Kier molecular flexibility index (Phi) is 5.66. The Bertz CT molecular complexity index is 312. The Morgan fingerprint density at radius 3 is 2.35 bits per heavy atom. The van der Waals surface area contributed by atoms with Crippen LogP contribution in [0.25, 0.3) is 0 Å². The fourth-order valence-corrected chi connectivity index (χ4v) is 2.46. The quantitative estimate of drug-likeness (QED) is 0.763. The molecule has 1 rings (SSSR count). The Morgan fingerprint density at radius 2 is 1.88 bits per heavy atom. The van der Waals surface area contributed by atoms with Crippen LogP contribution in [0.4, 0.5) is 0 Å². The number of hydrogen-bond donors (Lipinski definition) is 2. The second-order valence-electron chi connectivity index (χ2n) is 4.84. The number of benzene rings is 1. The second kappa shape index (κ2) is 6.77. The highest BCUT2D eigenvalue weighted by Crippen LogP contribution is 2.29. The van der Waals surface area contributed by atoms with E-state index in [1.54, 1.807) is 0 Å². The minimum Gasteiger partial charge on any atom is -0.389 e. The average molecular weight is 235 g/mol. The molecule has 0 aliphatic rings. The molecule has 0 fully saturated rings. The lowest BCUT2D eigenvalue weighted by molar-refractivity contribution is -0.0222. The molecule has 2 unspecified atom stereocenters. The zero-order chi connectivity index (χ0) is 12.7. The van der Waals surface area contributed by atoms with Crippen LogP contribution in [0.3, 0.4) is 0 Å². The smallest absolute Gasteiger partial charge is 0.0725 e. The van der Waals surface area contributed by atoms with Gasteiger partial charge in [-0.15, -0.1) is 0 Å². The number of nitrogens with two attached hydrogens (primary N) is 1. The van der Waals surface area contributed by atoms with Crippen LogP contribution < -0.4 is 5.73 Å². The van der Waals surface area contributed by atoms with Gasteiger partial charge in [0.25, 0.3) is 0 Å². The Labute approximate surface area is 105 Å². The van der Waals surface area contributed by atoms with Gasteiger partial charge in [0.05, 0.1) is 5.60 Å². The van der Waals surface area contributed by atoms with Crippen LogP contribution in [-0.2, 0) is 6.42 Å². The predicted octanol–water partition coefficient (Wildman–Crippen LogP) is 2.75. The van der Waals surface area contributed by atoms with Crippen molar-refractivity contribution in [3.63, 3.8) is 0 Å². The lowest BCUT2D eigenvalue weighted by atomic mass is 9.78. The highest BCUT2D eigenvalue weighted by molar-refractivity contribution is 5.17. The van der Waals surface area contributed by atoms with Gasteiger partial charge < -0.3 is 10.8 Å². The molecule has 0 amide bonds. The third-order valence-electron chi connectivity index (χ3n) is 3.65. The van der Waals surface area contributed by atoms with Crippen LogP contribution in [0, 0.1) is 5.92 Å². The van der Waals surface area contributed by atoms with Gasteiger partial charge in [-0.3, -0.25) is 0 Å². The Hall–Kier alpha value is -0.860. The van der Waals surface area contributed by atoms with Crippen LogP contribution in [0.1, 0.15) is 38.7 Å².